The lowest BCUT2D eigenvalue weighted by atomic mass is 10.2. The molecule has 0 saturated heterocycles. The average Bonchev–Trinajstić information content (AvgIpc) is 3.12. The van der Waals surface area contributed by atoms with Crippen molar-refractivity contribution >= 4 is 23.1 Å². The smallest absolute Gasteiger partial charge is 0.156 e. The van der Waals surface area contributed by atoms with Gasteiger partial charge in [-0.1, -0.05) is 18.2 Å². The van der Waals surface area contributed by atoms with Crippen LogP contribution >= 0.6 is 23.1 Å². The molecular formula is C15H16N4S2. The van der Waals surface area contributed by atoms with Crippen LogP contribution in [-0.4, -0.2) is 21.8 Å². The number of nitrogens with zero attached hydrogens (tertiary/aromatic N) is 3. The normalized spacial score (nSPS) is 11.0. The zero-order valence-electron chi connectivity index (χ0n) is 11.9. The Balaban J connectivity index is 2.08. The number of para-hydroxylation sites is 1. The van der Waals surface area contributed by atoms with Crippen LogP contribution in [0.15, 0.2) is 51.3 Å². The van der Waals surface area contributed by atoms with Gasteiger partial charge in [0.1, 0.15) is 5.03 Å². The molecule has 0 saturated carbocycles. The maximum absolute atomic E-state index is 4.71. The first-order valence-corrected chi connectivity index (χ1v) is 8.35. The Morgan fingerprint density at radius 1 is 1.29 bits per heavy atom. The summed E-state index contributed by atoms with van der Waals surface area (Å²) in [5.74, 6) is 0. The fourth-order valence-electron chi connectivity index (χ4n) is 2.11. The molecule has 0 aliphatic rings. The van der Waals surface area contributed by atoms with Crippen molar-refractivity contribution in [3.63, 3.8) is 0 Å². The second-order valence-electron chi connectivity index (χ2n) is 4.55. The van der Waals surface area contributed by atoms with Crippen molar-refractivity contribution in [3.8, 4) is 5.69 Å². The minimum absolute atomic E-state index is 0.798. The number of aromatic nitrogens is 3. The average molecular weight is 316 g/mol. The molecule has 3 rings (SSSR count). The topological polar surface area (TPSA) is 42.7 Å². The van der Waals surface area contributed by atoms with Gasteiger partial charge < -0.3 is 5.32 Å². The fraction of sp³-hybridized carbons (Fsp3) is 0.200. The summed E-state index contributed by atoms with van der Waals surface area (Å²) in [6, 6.07) is 10.2. The molecule has 0 aliphatic heterocycles. The van der Waals surface area contributed by atoms with Gasteiger partial charge in [-0.2, -0.15) is 5.10 Å². The predicted molar refractivity (Wildman–Crippen MR) is 87.3 cm³/mol. The van der Waals surface area contributed by atoms with Crippen molar-refractivity contribution in [3.05, 3.63) is 53.2 Å². The quantitative estimate of drug-likeness (QED) is 0.782. The molecule has 21 heavy (non-hydrogen) atoms. The lowest BCUT2D eigenvalue weighted by Gasteiger charge is -2.07. The van der Waals surface area contributed by atoms with E-state index in [2.05, 4.69) is 29.4 Å². The minimum Gasteiger partial charge on any atom is -0.316 e. The molecular weight excluding hydrogens is 300 g/mol. The van der Waals surface area contributed by atoms with Crippen molar-refractivity contribution in [2.45, 2.75) is 22.8 Å². The van der Waals surface area contributed by atoms with Crippen molar-refractivity contribution in [1.29, 1.82) is 0 Å². The minimum atomic E-state index is 0.798. The summed E-state index contributed by atoms with van der Waals surface area (Å²) in [6.07, 6.45) is 1.83. The number of aryl methyl sites for hydroxylation is 1. The molecule has 0 aliphatic carbocycles. The molecule has 0 unspecified atom stereocenters. The summed E-state index contributed by atoms with van der Waals surface area (Å²) in [7, 11) is 1.96. The summed E-state index contributed by atoms with van der Waals surface area (Å²) < 4.78 is 3.04. The van der Waals surface area contributed by atoms with Gasteiger partial charge in [0.05, 0.1) is 11.4 Å². The summed E-state index contributed by atoms with van der Waals surface area (Å²) in [4.78, 5) is 4.38. The second kappa shape index (κ2) is 6.43. The van der Waals surface area contributed by atoms with Crippen molar-refractivity contribution in [1.82, 2.24) is 20.1 Å². The van der Waals surface area contributed by atoms with Gasteiger partial charge in [0, 0.05) is 23.7 Å². The van der Waals surface area contributed by atoms with Gasteiger partial charge in [-0.25, -0.2) is 9.67 Å². The number of benzene rings is 1. The van der Waals surface area contributed by atoms with Gasteiger partial charge in [-0.15, -0.1) is 11.3 Å². The van der Waals surface area contributed by atoms with Crippen LogP contribution in [0.4, 0.5) is 0 Å². The Kier molecular flexibility index (Phi) is 4.38. The van der Waals surface area contributed by atoms with Gasteiger partial charge in [0.2, 0.25) is 0 Å². The van der Waals surface area contributed by atoms with E-state index in [1.807, 2.05) is 41.5 Å². The van der Waals surface area contributed by atoms with E-state index in [0.717, 1.165) is 27.3 Å². The van der Waals surface area contributed by atoms with Crippen LogP contribution in [0.25, 0.3) is 5.69 Å². The van der Waals surface area contributed by atoms with E-state index in [9.17, 15) is 0 Å². The third-order valence-electron chi connectivity index (χ3n) is 3.09. The number of hydrogen-bond donors (Lipinski definition) is 1. The molecule has 0 amide bonds. The highest BCUT2D eigenvalue weighted by molar-refractivity contribution is 8.01. The number of nitrogens with one attached hydrogen (secondary N) is 1. The molecule has 4 nitrogen and oxygen atoms in total. The molecule has 0 bridgehead atoms. The van der Waals surface area contributed by atoms with E-state index in [0.29, 0.717) is 0 Å². The fourth-order valence-corrected chi connectivity index (χ4v) is 3.92. The molecule has 2 aromatic heterocycles. The van der Waals surface area contributed by atoms with Crippen LogP contribution in [0, 0.1) is 6.92 Å². The summed E-state index contributed by atoms with van der Waals surface area (Å²) in [5.41, 5.74) is 3.34. The van der Waals surface area contributed by atoms with Crippen LogP contribution in [-0.2, 0) is 6.54 Å². The number of thiazole rings is 1. The maximum Gasteiger partial charge on any atom is 0.156 e. The number of hydrogen-bond acceptors (Lipinski definition) is 5. The lowest BCUT2D eigenvalue weighted by molar-refractivity contribution is 0.766. The molecule has 1 N–H and O–H groups in total. The summed E-state index contributed by atoms with van der Waals surface area (Å²) >= 11 is 3.32. The SMILES string of the molecule is CNCc1c(C)nn(-c2ccccc2)c1Sc1nccs1. The lowest BCUT2D eigenvalue weighted by Crippen LogP contribution is -2.07. The van der Waals surface area contributed by atoms with Gasteiger partial charge in [0.15, 0.2) is 4.34 Å². The molecule has 0 spiro atoms. The van der Waals surface area contributed by atoms with Crippen LogP contribution < -0.4 is 5.32 Å². The molecule has 1 aromatic carbocycles. The van der Waals surface area contributed by atoms with Crippen LogP contribution in [0.5, 0.6) is 0 Å². The molecule has 0 fully saturated rings. The first-order chi connectivity index (χ1) is 10.3. The van der Waals surface area contributed by atoms with E-state index in [-0.39, 0.29) is 0 Å². The van der Waals surface area contributed by atoms with Gasteiger partial charge in [-0.3, -0.25) is 0 Å². The Morgan fingerprint density at radius 3 is 2.76 bits per heavy atom. The molecule has 108 valence electrons. The monoisotopic (exact) mass is 316 g/mol. The zero-order chi connectivity index (χ0) is 14.7. The molecule has 6 heteroatoms. The molecule has 0 atom stereocenters. The van der Waals surface area contributed by atoms with Crippen molar-refractivity contribution in [2.75, 3.05) is 7.05 Å². The highest BCUT2D eigenvalue weighted by atomic mass is 32.2. The van der Waals surface area contributed by atoms with Gasteiger partial charge in [-0.05, 0) is 37.9 Å². The second-order valence-corrected chi connectivity index (χ2v) is 6.68. The van der Waals surface area contributed by atoms with Crippen LogP contribution in [0.3, 0.4) is 0 Å². The van der Waals surface area contributed by atoms with E-state index < -0.39 is 0 Å². The Hall–Kier alpha value is -1.63. The zero-order valence-corrected chi connectivity index (χ0v) is 13.5. The van der Waals surface area contributed by atoms with Crippen molar-refractivity contribution < 1.29 is 0 Å². The van der Waals surface area contributed by atoms with Gasteiger partial charge >= 0.3 is 0 Å². The maximum atomic E-state index is 4.71. The first-order valence-electron chi connectivity index (χ1n) is 6.65. The summed E-state index contributed by atoms with van der Waals surface area (Å²) in [6.45, 7) is 2.85. The Morgan fingerprint density at radius 2 is 2.10 bits per heavy atom. The number of rotatable bonds is 5. The highest BCUT2D eigenvalue weighted by Crippen LogP contribution is 2.34. The van der Waals surface area contributed by atoms with Crippen LogP contribution in [0.1, 0.15) is 11.3 Å². The predicted octanol–water partition coefficient (Wildman–Crippen LogP) is 3.51. The largest absolute Gasteiger partial charge is 0.316 e. The third kappa shape index (κ3) is 3.02. The molecule has 0 radical (unpaired) electrons. The highest BCUT2D eigenvalue weighted by Gasteiger charge is 2.17. The van der Waals surface area contributed by atoms with E-state index >= 15 is 0 Å². The Labute approximate surface area is 132 Å². The molecule has 2 heterocycles. The van der Waals surface area contributed by atoms with Gasteiger partial charge in [0.25, 0.3) is 0 Å². The van der Waals surface area contributed by atoms with E-state index in [1.165, 1.54) is 5.56 Å². The van der Waals surface area contributed by atoms with Crippen LogP contribution in [0.2, 0.25) is 0 Å². The van der Waals surface area contributed by atoms with E-state index in [1.54, 1.807) is 23.1 Å². The van der Waals surface area contributed by atoms with E-state index in [4.69, 9.17) is 5.10 Å². The van der Waals surface area contributed by atoms with Crippen molar-refractivity contribution in [2.24, 2.45) is 0 Å². The Bertz CT molecular complexity index is 705. The first kappa shape index (κ1) is 14.3. The summed E-state index contributed by atoms with van der Waals surface area (Å²) in [5, 5.41) is 11.1. The third-order valence-corrected chi connectivity index (χ3v) is 5.08. The molecule has 3 aromatic rings. The standard InChI is InChI=1S/C15H16N4S2/c1-11-13(10-16-2)14(21-15-17-8-9-20-15)19(18-11)12-6-4-3-5-7-12/h3-9,16H,10H2,1-2H3.